The van der Waals surface area contributed by atoms with E-state index in [9.17, 15) is 40.6 Å². The van der Waals surface area contributed by atoms with Crippen molar-refractivity contribution in [2.24, 2.45) is 0 Å². The van der Waals surface area contributed by atoms with Gasteiger partial charge in [0.05, 0.1) is 11.6 Å². The molecule has 0 unspecified atom stereocenters. The highest BCUT2D eigenvalue weighted by atomic mass is 19.3. The zero-order chi connectivity index (χ0) is 31.2. The van der Waals surface area contributed by atoms with Gasteiger partial charge in [0.2, 0.25) is 11.4 Å². The minimum Gasteiger partial charge on any atom is -0.426 e. The van der Waals surface area contributed by atoms with Gasteiger partial charge in [-0.1, -0.05) is 32.0 Å². The number of aliphatic hydroxyl groups excluding tert-OH is 1. The van der Waals surface area contributed by atoms with Crippen LogP contribution in [0.25, 0.3) is 10.9 Å². The normalized spacial score (nSPS) is 14.4. The first-order chi connectivity index (χ1) is 20.4. The van der Waals surface area contributed by atoms with Gasteiger partial charge in [0.15, 0.2) is 29.0 Å². The molecule has 1 heterocycles. The Morgan fingerprint density at radius 1 is 0.907 bits per heavy atom. The Hall–Kier alpha value is -3.90. The molecule has 4 aromatic rings. The van der Waals surface area contributed by atoms with Crippen LogP contribution in [0, 0.1) is 29.1 Å². The first-order valence-corrected chi connectivity index (χ1v) is 13.7. The van der Waals surface area contributed by atoms with Crippen molar-refractivity contribution in [3.05, 3.63) is 109 Å². The van der Waals surface area contributed by atoms with E-state index in [1.165, 1.54) is 34.4 Å². The van der Waals surface area contributed by atoms with Crippen molar-refractivity contribution in [2.75, 3.05) is 6.54 Å². The molecule has 1 aliphatic rings. The molecule has 43 heavy (non-hydrogen) atoms. The van der Waals surface area contributed by atoms with Crippen LogP contribution in [0.4, 0.5) is 30.7 Å². The van der Waals surface area contributed by atoms with Gasteiger partial charge in [-0.25, -0.2) is 22.0 Å². The Morgan fingerprint density at radius 3 is 2.02 bits per heavy atom. The number of rotatable bonds is 9. The molecule has 12 heteroatoms. The average Bonchev–Trinajstić information content (AvgIpc) is 3.38. The minimum atomic E-state index is -5.04. The molecule has 0 bridgehead atoms. The topological polar surface area (TPSA) is 74.3 Å². The van der Waals surface area contributed by atoms with Crippen molar-refractivity contribution in [1.82, 2.24) is 10.3 Å². The van der Waals surface area contributed by atoms with E-state index in [1.54, 1.807) is 0 Å². The summed E-state index contributed by atoms with van der Waals surface area (Å²) in [5.41, 5.74) is 1.66. The fraction of sp³-hybridized carbons (Fsp3) is 0.323. The highest BCUT2D eigenvalue weighted by Gasteiger charge is 2.45. The van der Waals surface area contributed by atoms with Crippen LogP contribution >= 0.6 is 0 Å². The Bertz CT molecular complexity index is 1710. The number of H-pyrrole nitrogens is 1. The molecule has 5 rings (SSSR count). The first-order valence-electron chi connectivity index (χ1n) is 13.7. The third-order valence-corrected chi connectivity index (χ3v) is 7.80. The number of hydrogen-bond acceptors (Lipinski definition) is 4. The van der Waals surface area contributed by atoms with E-state index in [-0.39, 0.29) is 29.1 Å². The maximum Gasteiger partial charge on any atom is 0.432 e. The van der Waals surface area contributed by atoms with Crippen molar-refractivity contribution in [3.63, 3.8) is 0 Å². The summed E-state index contributed by atoms with van der Waals surface area (Å²) >= 11 is 0. The van der Waals surface area contributed by atoms with Gasteiger partial charge in [0.1, 0.15) is 5.56 Å². The maximum absolute atomic E-state index is 14.9. The lowest BCUT2D eigenvalue weighted by Crippen LogP contribution is -2.33. The summed E-state index contributed by atoms with van der Waals surface area (Å²) in [5.74, 6) is -14.1. The van der Waals surface area contributed by atoms with Crippen LogP contribution in [0.2, 0.25) is 0 Å². The number of fused-ring (bicyclic) bond motifs is 2. The molecule has 0 radical (unpaired) electrons. The van der Waals surface area contributed by atoms with Gasteiger partial charge < -0.3 is 20.1 Å². The number of aromatic nitrogens is 1. The number of aliphatic hydroxyl groups is 1. The maximum atomic E-state index is 14.9. The van der Waals surface area contributed by atoms with E-state index in [0.29, 0.717) is 0 Å². The fourth-order valence-corrected chi connectivity index (χ4v) is 5.64. The number of hydrogen-bond donors (Lipinski definition) is 3. The molecule has 1 aromatic heterocycles. The minimum absolute atomic E-state index is 0.0372. The summed E-state index contributed by atoms with van der Waals surface area (Å²) in [6.45, 7) is 4.28. The average molecular weight is 609 g/mol. The number of nitrogens with one attached hydrogen (secondary N) is 2. The van der Waals surface area contributed by atoms with Gasteiger partial charge in [-0.3, -0.25) is 4.79 Å². The fourth-order valence-electron chi connectivity index (χ4n) is 5.64. The molecule has 0 aliphatic heterocycles. The lowest BCUT2D eigenvalue weighted by Gasteiger charge is -2.22. The van der Waals surface area contributed by atoms with Crippen molar-refractivity contribution in [1.29, 1.82) is 0 Å². The Balaban J connectivity index is 1.40. The van der Waals surface area contributed by atoms with E-state index >= 15 is 0 Å². The van der Waals surface area contributed by atoms with Crippen LogP contribution in [0.5, 0.6) is 5.75 Å². The van der Waals surface area contributed by atoms with Crippen LogP contribution in [-0.4, -0.2) is 22.7 Å². The van der Waals surface area contributed by atoms with E-state index in [1.807, 2.05) is 0 Å². The largest absolute Gasteiger partial charge is 0.432 e. The number of alkyl halides is 2. The van der Waals surface area contributed by atoms with Gasteiger partial charge in [0, 0.05) is 24.0 Å². The number of pyridine rings is 1. The highest BCUT2D eigenvalue weighted by molar-refractivity contribution is 5.87. The number of aromatic amines is 1. The van der Waals surface area contributed by atoms with Crippen LogP contribution < -0.4 is 15.6 Å². The Kier molecular flexibility index (Phi) is 8.28. The molecular weight excluding hydrogens is 581 g/mol. The zero-order valence-corrected chi connectivity index (χ0v) is 23.1. The monoisotopic (exact) mass is 608 g/mol. The van der Waals surface area contributed by atoms with Crippen LogP contribution in [-0.2, 0) is 31.8 Å². The molecular formula is C31H27F7N2O3. The Labute approximate surface area is 241 Å². The van der Waals surface area contributed by atoms with Crippen LogP contribution in [0.3, 0.4) is 0 Å². The summed E-state index contributed by atoms with van der Waals surface area (Å²) in [6.07, 6.45) is -2.86. The molecule has 228 valence electrons. The molecule has 0 saturated heterocycles. The van der Waals surface area contributed by atoms with Crippen molar-refractivity contribution < 1.29 is 40.6 Å². The summed E-state index contributed by atoms with van der Waals surface area (Å²) in [7, 11) is 0. The second-order valence-corrected chi connectivity index (χ2v) is 10.5. The molecule has 0 saturated carbocycles. The van der Waals surface area contributed by atoms with Crippen LogP contribution in [0.15, 0.2) is 41.2 Å². The molecule has 1 aliphatic carbocycles. The highest BCUT2D eigenvalue weighted by Crippen LogP contribution is 2.40. The molecule has 5 nitrogen and oxygen atoms in total. The quantitative estimate of drug-likeness (QED) is 0.119. The smallest absolute Gasteiger partial charge is 0.426 e. The van der Waals surface area contributed by atoms with Crippen LogP contribution in [0.1, 0.15) is 53.3 Å². The summed E-state index contributed by atoms with van der Waals surface area (Å²) in [6, 6.07) is 8.90. The predicted molar refractivity (Wildman–Crippen MR) is 145 cm³/mol. The van der Waals surface area contributed by atoms with Crippen molar-refractivity contribution in [3.8, 4) is 5.75 Å². The number of halogens is 7. The number of ether oxygens (including phenoxy) is 1. The zero-order valence-electron chi connectivity index (χ0n) is 23.1. The third kappa shape index (κ3) is 5.61. The van der Waals surface area contributed by atoms with Gasteiger partial charge in [-0.05, 0) is 65.6 Å². The molecule has 0 amide bonds. The Morgan fingerprint density at radius 2 is 1.47 bits per heavy atom. The van der Waals surface area contributed by atoms with Crippen molar-refractivity contribution >= 4 is 10.9 Å². The van der Waals surface area contributed by atoms with Gasteiger partial charge in [-0.15, -0.1) is 0 Å². The lowest BCUT2D eigenvalue weighted by molar-refractivity contribution is -0.189. The number of benzene rings is 3. The second kappa shape index (κ2) is 11.6. The first kappa shape index (κ1) is 30.6. The van der Waals surface area contributed by atoms with E-state index < -0.39 is 58.2 Å². The summed E-state index contributed by atoms with van der Waals surface area (Å²) < 4.78 is 103. The molecule has 0 fully saturated rings. The third-order valence-electron chi connectivity index (χ3n) is 7.80. The lowest BCUT2D eigenvalue weighted by atomic mass is 9.97. The van der Waals surface area contributed by atoms with Gasteiger partial charge in [-0.2, -0.15) is 8.78 Å². The summed E-state index contributed by atoms with van der Waals surface area (Å²) in [4.78, 5) is 14.3. The molecule has 3 aromatic carbocycles. The molecule has 0 spiro atoms. The van der Waals surface area contributed by atoms with E-state index in [4.69, 9.17) is 0 Å². The van der Waals surface area contributed by atoms with Gasteiger partial charge in [0.25, 0.3) is 0 Å². The van der Waals surface area contributed by atoms with Crippen molar-refractivity contribution in [2.45, 2.75) is 57.8 Å². The molecule has 3 N–H and O–H groups in total. The predicted octanol–water partition coefficient (Wildman–Crippen LogP) is 6.27. The standard InChI is InChI=1S/C31H27F7N2O3/c1-3-14-9-16-11-18(12-17(16)10-15(14)4-2)39-13-21(41)19-5-7-22(30-20(19)6-8-23(42)40-30)43-31(37,38)24-25(32)27(34)29(36)28(35)26(24)33/h5-10,18,21,39,41H,3-4,11-13H2,1-2H3,(H,40,42)/t21-/m1/s1. The SMILES string of the molecule is CCc1cc2c(cc1CC)CC(NC[C@@H](O)c1ccc(OC(F)(F)c3c(F)c(F)c(F)c(F)c3F)c3[nH]c(=O)ccc13)C2. The molecule has 1 atom stereocenters. The number of aryl methyl sites for hydroxylation is 2. The van der Waals surface area contributed by atoms with E-state index in [2.05, 4.69) is 41.0 Å². The summed E-state index contributed by atoms with van der Waals surface area (Å²) in [5, 5.41) is 14.4. The second-order valence-electron chi connectivity index (χ2n) is 10.5. The van der Waals surface area contributed by atoms with Gasteiger partial charge >= 0.3 is 6.11 Å². The van der Waals surface area contributed by atoms with E-state index in [0.717, 1.165) is 37.8 Å².